The van der Waals surface area contributed by atoms with Gasteiger partial charge in [-0.05, 0) is 43.0 Å². The van der Waals surface area contributed by atoms with Gasteiger partial charge in [-0.15, -0.1) is 17.5 Å². The number of nitrogens with one attached hydrogen (secondary N) is 1. The maximum atomic E-state index is 13.5. The average molecular weight is 535 g/mol. The van der Waals surface area contributed by atoms with Crippen molar-refractivity contribution < 1.29 is 24.2 Å². The van der Waals surface area contributed by atoms with Crippen LogP contribution in [-0.2, 0) is 12.0 Å². The highest BCUT2D eigenvalue weighted by Crippen LogP contribution is 2.39. The van der Waals surface area contributed by atoms with E-state index >= 15 is 0 Å². The summed E-state index contributed by atoms with van der Waals surface area (Å²) in [7, 11) is 3.12. The molecule has 0 saturated carbocycles. The predicted molar refractivity (Wildman–Crippen MR) is 141 cm³/mol. The van der Waals surface area contributed by atoms with Crippen molar-refractivity contribution in [3.8, 4) is 11.5 Å². The summed E-state index contributed by atoms with van der Waals surface area (Å²) in [6.45, 7) is 9.96. The minimum Gasteiger partial charge on any atom is -0.493 e. The van der Waals surface area contributed by atoms with E-state index in [9.17, 15) is 14.7 Å². The molecular weight excluding hydrogens is 500 g/mol. The molecule has 0 atom stereocenters. The van der Waals surface area contributed by atoms with Gasteiger partial charge < -0.3 is 19.9 Å². The second-order valence-electron chi connectivity index (χ2n) is 9.29. The van der Waals surface area contributed by atoms with E-state index in [1.54, 1.807) is 32.4 Å². The van der Waals surface area contributed by atoms with E-state index in [1.807, 2.05) is 34.6 Å². The first-order chi connectivity index (χ1) is 17.0. The number of Topliss-reactive ketones (excluding diaryl/α,β-unsaturated/α-hetero) is 1. The number of benzene rings is 1. The van der Waals surface area contributed by atoms with Crippen molar-refractivity contribution in [1.29, 1.82) is 0 Å². The fourth-order valence-electron chi connectivity index (χ4n) is 3.85. The summed E-state index contributed by atoms with van der Waals surface area (Å²) in [5.41, 5.74) is 2.65. The lowest BCUT2D eigenvalue weighted by Crippen LogP contribution is -2.29. The average Bonchev–Trinajstić information content (AvgIpc) is 3.18. The molecule has 3 rings (SSSR count). The van der Waals surface area contributed by atoms with Crippen molar-refractivity contribution >= 4 is 29.7 Å². The molecule has 0 aliphatic carbocycles. The number of methoxy groups -OCH3 is 1. The summed E-state index contributed by atoms with van der Waals surface area (Å²) in [5, 5.41) is 20.9. The van der Waals surface area contributed by atoms with Crippen LogP contribution in [0.1, 0.15) is 59.7 Å². The van der Waals surface area contributed by atoms with Gasteiger partial charge >= 0.3 is 0 Å². The monoisotopic (exact) mass is 534 g/mol. The molecule has 0 spiro atoms. The lowest BCUT2D eigenvalue weighted by atomic mass is 9.84. The number of halogens is 1. The van der Waals surface area contributed by atoms with E-state index in [4.69, 9.17) is 9.47 Å². The number of aliphatic hydroxyl groups is 1. The van der Waals surface area contributed by atoms with Crippen molar-refractivity contribution in [2.45, 2.75) is 46.6 Å². The molecule has 0 radical (unpaired) electrons. The van der Waals surface area contributed by atoms with Gasteiger partial charge in [0.05, 0.1) is 13.7 Å². The van der Waals surface area contributed by atoms with E-state index in [-0.39, 0.29) is 55.0 Å². The van der Waals surface area contributed by atoms with Crippen LogP contribution < -0.4 is 20.4 Å². The fourth-order valence-corrected chi connectivity index (χ4v) is 3.85. The van der Waals surface area contributed by atoms with Crippen molar-refractivity contribution in [1.82, 2.24) is 24.7 Å². The molecule has 0 saturated heterocycles. The first kappa shape index (κ1) is 29.8. The van der Waals surface area contributed by atoms with Gasteiger partial charge in [0.15, 0.2) is 22.9 Å². The summed E-state index contributed by atoms with van der Waals surface area (Å²) in [4.78, 5) is 30.1. The number of hydrogen-bond acceptors (Lipinski definition) is 8. The normalized spacial score (nSPS) is 11.8. The minimum absolute atomic E-state index is 0. The van der Waals surface area contributed by atoms with Gasteiger partial charge in [0, 0.05) is 24.7 Å². The van der Waals surface area contributed by atoms with Gasteiger partial charge in [-0.1, -0.05) is 20.8 Å². The molecule has 12 heteroatoms. The number of carbonyl (C=O) groups is 2. The summed E-state index contributed by atoms with van der Waals surface area (Å²) in [6, 6.07) is 5.06. The Kier molecular flexibility index (Phi) is 9.82. The molecule has 0 aliphatic heterocycles. The summed E-state index contributed by atoms with van der Waals surface area (Å²) < 4.78 is 14.2. The Bertz CT molecular complexity index is 1360. The van der Waals surface area contributed by atoms with E-state index in [1.165, 1.54) is 9.20 Å². The largest absolute Gasteiger partial charge is 0.493 e. The third kappa shape index (κ3) is 6.28. The van der Waals surface area contributed by atoms with Crippen molar-refractivity contribution in [3.63, 3.8) is 0 Å². The van der Waals surface area contributed by atoms with Crippen LogP contribution in [0.5, 0.6) is 11.5 Å². The summed E-state index contributed by atoms with van der Waals surface area (Å²) >= 11 is 0. The van der Waals surface area contributed by atoms with Crippen LogP contribution in [0, 0.1) is 6.92 Å². The molecule has 0 unspecified atom stereocenters. The first-order valence-corrected chi connectivity index (χ1v) is 11.7. The Hall–Kier alpha value is -3.44. The predicted octanol–water partition coefficient (Wildman–Crippen LogP) is 2.10. The standard InChI is InChI=1S/C25H34N6O5.ClH/c1-8-27-23(34)18-11-15(2)22-29-30(24(26-6)31(22)28-18)14-19(33)16-12-17(25(3,4)5)21(35-7)20(13-16)36-10-9-32;/h11-13,32H,8-10,14H2,1-7H3,(H,27,34);1H. The lowest BCUT2D eigenvalue weighted by molar-refractivity contribution is 0.0944. The van der Waals surface area contributed by atoms with Crippen LogP contribution in [0.2, 0.25) is 0 Å². The number of aryl methyl sites for hydroxylation is 1. The molecule has 37 heavy (non-hydrogen) atoms. The van der Waals surface area contributed by atoms with Crippen molar-refractivity contribution in [2.75, 3.05) is 33.9 Å². The highest BCUT2D eigenvalue weighted by atomic mass is 35.5. The highest BCUT2D eigenvalue weighted by Gasteiger charge is 2.25. The van der Waals surface area contributed by atoms with E-state index < -0.39 is 0 Å². The van der Waals surface area contributed by atoms with Gasteiger partial charge in [0.1, 0.15) is 18.8 Å². The van der Waals surface area contributed by atoms with Crippen LogP contribution in [0.3, 0.4) is 0 Å². The zero-order valence-electron chi connectivity index (χ0n) is 22.3. The summed E-state index contributed by atoms with van der Waals surface area (Å²) in [5.74, 6) is 0.378. The molecule has 1 amide bonds. The molecular formula is C25H35ClN6O5. The van der Waals surface area contributed by atoms with Gasteiger partial charge in [-0.3, -0.25) is 14.6 Å². The van der Waals surface area contributed by atoms with E-state index in [2.05, 4.69) is 20.5 Å². The number of aliphatic hydroxyl groups excluding tert-OH is 1. The maximum Gasteiger partial charge on any atom is 0.271 e. The van der Waals surface area contributed by atoms with E-state index in [0.29, 0.717) is 34.9 Å². The van der Waals surface area contributed by atoms with Gasteiger partial charge in [-0.2, -0.15) is 9.61 Å². The first-order valence-electron chi connectivity index (χ1n) is 11.7. The SMILES string of the molecule is CCNC(=O)c1cc(C)c2nn(CC(=O)c3cc(OCCO)c(OC)c(C(C)(C)C)c3)c(=NC)n2n1.Cl. The van der Waals surface area contributed by atoms with Crippen LogP contribution in [-0.4, -0.2) is 70.1 Å². The number of nitrogens with zero attached hydrogens (tertiary/aromatic N) is 5. The molecule has 2 heterocycles. The Morgan fingerprint density at radius 2 is 1.89 bits per heavy atom. The van der Waals surface area contributed by atoms with Crippen LogP contribution in [0.4, 0.5) is 0 Å². The van der Waals surface area contributed by atoms with Crippen LogP contribution in [0.25, 0.3) is 5.65 Å². The number of ether oxygens (including phenoxy) is 2. The molecule has 0 bridgehead atoms. The highest BCUT2D eigenvalue weighted by molar-refractivity contribution is 5.97. The van der Waals surface area contributed by atoms with E-state index in [0.717, 1.165) is 11.1 Å². The van der Waals surface area contributed by atoms with Gasteiger partial charge in [0.2, 0.25) is 5.62 Å². The second kappa shape index (κ2) is 12.2. The Labute approximate surface area is 221 Å². The summed E-state index contributed by atoms with van der Waals surface area (Å²) in [6.07, 6.45) is 0. The number of amides is 1. The molecule has 3 aromatic rings. The zero-order chi connectivity index (χ0) is 26.6. The lowest BCUT2D eigenvalue weighted by Gasteiger charge is -2.25. The second-order valence-corrected chi connectivity index (χ2v) is 9.29. The van der Waals surface area contributed by atoms with Crippen molar-refractivity contribution in [2.24, 2.45) is 4.99 Å². The minimum atomic E-state index is -0.338. The number of ketones is 1. The maximum absolute atomic E-state index is 13.5. The smallest absolute Gasteiger partial charge is 0.271 e. The zero-order valence-corrected chi connectivity index (χ0v) is 23.1. The quantitative estimate of drug-likeness (QED) is 0.402. The number of rotatable bonds is 9. The molecule has 2 N–H and O–H groups in total. The van der Waals surface area contributed by atoms with Gasteiger partial charge in [0.25, 0.3) is 5.91 Å². The molecule has 0 aliphatic rings. The van der Waals surface area contributed by atoms with Gasteiger partial charge in [-0.25, -0.2) is 4.68 Å². The molecule has 1 aromatic carbocycles. The third-order valence-electron chi connectivity index (χ3n) is 5.55. The number of hydrogen-bond donors (Lipinski definition) is 2. The molecule has 0 fully saturated rings. The Morgan fingerprint density at radius 3 is 2.46 bits per heavy atom. The number of fused-ring (bicyclic) bond motifs is 1. The Morgan fingerprint density at radius 1 is 1.19 bits per heavy atom. The number of aromatic nitrogens is 4. The van der Waals surface area contributed by atoms with Crippen LogP contribution in [0.15, 0.2) is 23.2 Å². The van der Waals surface area contributed by atoms with Crippen LogP contribution >= 0.6 is 12.4 Å². The molecule has 11 nitrogen and oxygen atoms in total. The Balaban J connectivity index is 0.00000481. The number of carbonyl (C=O) groups excluding carboxylic acids is 2. The molecule has 2 aromatic heterocycles. The molecule has 202 valence electrons. The third-order valence-corrected chi connectivity index (χ3v) is 5.55. The topological polar surface area (TPSA) is 132 Å². The fraction of sp³-hybridized carbons (Fsp3) is 0.480. The van der Waals surface area contributed by atoms with Crippen molar-refractivity contribution in [3.05, 3.63) is 46.2 Å².